The number of anilines is 4. The molecule has 0 spiro atoms. The molecule has 0 saturated carbocycles. The highest BCUT2D eigenvalue weighted by Gasteiger charge is 2.06. The van der Waals surface area contributed by atoms with Gasteiger partial charge in [0.2, 0.25) is 11.9 Å². The van der Waals surface area contributed by atoms with Crippen molar-refractivity contribution in [3.8, 4) is 0 Å². The van der Waals surface area contributed by atoms with Crippen LogP contribution in [0.15, 0.2) is 55.5 Å². The number of hydrogen-bond acceptors (Lipinski definition) is 6. The quantitative estimate of drug-likeness (QED) is 0.559. The van der Waals surface area contributed by atoms with E-state index in [0.717, 1.165) is 28.3 Å². The Hall–Kier alpha value is -3.68. The zero-order chi connectivity index (χ0) is 19.2. The second-order valence-electron chi connectivity index (χ2n) is 6.00. The number of nitrogens with one attached hydrogen (secondary N) is 3. The van der Waals surface area contributed by atoms with E-state index in [1.807, 2.05) is 44.4 Å². The van der Waals surface area contributed by atoms with Gasteiger partial charge in [0.05, 0.1) is 11.9 Å². The van der Waals surface area contributed by atoms with Gasteiger partial charge in [-0.15, -0.1) is 0 Å². The first-order chi connectivity index (χ1) is 13.0. The third-order valence-corrected chi connectivity index (χ3v) is 3.77. The third kappa shape index (κ3) is 4.91. The minimum absolute atomic E-state index is 0.238. The lowest BCUT2D eigenvalue weighted by atomic mass is 10.2. The summed E-state index contributed by atoms with van der Waals surface area (Å²) in [6.45, 7) is 5.95. The van der Waals surface area contributed by atoms with Crippen molar-refractivity contribution < 1.29 is 4.79 Å². The van der Waals surface area contributed by atoms with Crippen LogP contribution in [0.5, 0.6) is 0 Å². The molecule has 0 radical (unpaired) electrons. The lowest BCUT2D eigenvalue weighted by molar-refractivity contribution is -0.111. The van der Waals surface area contributed by atoms with Crippen molar-refractivity contribution in [1.82, 2.24) is 19.7 Å². The largest absolute Gasteiger partial charge is 0.366 e. The van der Waals surface area contributed by atoms with Gasteiger partial charge in [-0.05, 0) is 30.7 Å². The maximum atomic E-state index is 11.4. The minimum atomic E-state index is -0.238. The van der Waals surface area contributed by atoms with E-state index in [4.69, 9.17) is 0 Å². The Bertz CT molecular complexity index is 964. The van der Waals surface area contributed by atoms with E-state index in [-0.39, 0.29) is 5.91 Å². The average Bonchev–Trinajstić information content (AvgIpc) is 3.07. The highest BCUT2D eigenvalue weighted by Crippen LogP contribution is 2.18. The van der Waals surface area contributed by atoms with E-state index < -0.39 is 0 Å². The second kappa shape index (κ2) is 8.13. The SMILES string of the molecule is C=CC(=O)Nc1cccc(CNc2nc(Nc3cnn(C)c3)ncc2C)c1. The van der Waals surface area contributed by atoms with E-state index in [9.17, 15) is 4.79 Å². The number of benzene rings is 1. The molecule has 3 rings (SSSR count). The summed E-state index contributed by atoms with van der Waals surface area (Å²) in [5, 5.41) is 13.3. The molecule has 0 unspecified atom stereocenters. The molecule has 2 aromatic heterocycles. The van der Waals surface area contributed by atoms with Gasteiger partial charge in [-0.1, -0.05) is 18.7 Å². The zero-order valence-electron chi connectivity index (χ0n) is 15.2. The van der Waals surface area contributed by atoms with E-state index in [1.165, 1.54) is 6.08 Å². The summed E-state index contributed by atoms with van der Waals surface area (Å²) in [5.74, 6) is 0.984. The van der Waals surface area contributed by atoms with E-state index in [0.29, 0.717) is 12.5 Å². The molecule has 0 atom stereocenters. The molecule has 138 valence electrons. The molecular weight excluding hydrogens is 342 g/mol. The molecule has 3 N–H and O–H groups in total. The Labute approximate surface area is 157 Å². The Morgan fingerprint density at radius 1 is 1.30 bits per heavy atom. The van der Waals surface area contributed by atoms with Gasteiger partial charge < -0.3 is 16.0 Å². The van der Waals surface area contributed by atoms with Crippen molar-refractivity contribution in [2.45, 2.75) is 13.5 Å². The van der Waals surface area contributed by atoms with Crippen LogP contribution in [0.3, 0.4) is 0 Å². The summed E-state index contributed by atoms with van der Waals surface area (Å²) in [7, 11) is 1.85. The molecule has 2 heterocycles. The molecule has 8 heteroatoms. The molecule has 1 aromatic carbocycles. The van der Waals surface area contributed by atoms with Crippen LogP contribution in [-0.4, -0.2) is 25.7 Å². The summed E-state index contributed by atoms with van der Waals surface area (Å²) in [6, 6.07) is 7.59. The zero-order valence-corrected chi connectivity index (χ0v) is 15.2. The topological polar surface area (TPSA) is 96.8 Å². The van der Waals surface area contributed by atoms with Crippen molar-refractivity contribution in [3.63, 3.8) is 0 Å². The summed E-state index contributed by atoms with van der Waals surface area (Å²) in [5.41, 5.74) is 3.48. The molecular formula is C19H21N7O. The number of amides is 1. The van der Waals surface area contributed by atoms with Gasteiger partial charge in [-0.2, -0.15) is 10.1 Å². The average molecular weight is 363 g/mol. The van der Waals surface area contributed by atoms with Crippen LogP contribution in [0, 0.1) is 6.92 Å². The smallest absolute Gasteiger partial charge is 0.247 e. The number of rotatable bonds is 7. The minimum Gasteiger partial charge on any atom is -0.366 e. The van der Waals surface area contributed by atoms with Crippen LogP contribution in [0.4, 0.5) is 23.1 Å². The van der Waals surface area contributed by atoms with E-state index in [2.05, 4.69) is 37.6 Å². The fraction of sp³-hybridized carbons (Fsp3) is 0.158. The third-order valence-electron chi connectivity index (χ3n) is 3.77. The number of carbonyl (C=O) groups excluding carboxylic acids is 1. The molecule has 8 nitrogen and oxygen atoms in total. The number of hydrogen-bond donors (Lipinski definition) is 3. The summed E-state index contributed by atoms with van der Waals surface area (Å²) in [4.78, 5) is 20.3. The number of aromatic nitrogens is 4. The van der Waals surface area contributed by atoms with Crippen molar-refractivity contribution in [2.75, 3.05) is 16.0 Å². The standard InChI is InChI=1S/C19H21N7O/c1-4-17(27)23-15-7-5-6-14(8-15)10-20-18-13(2)9-21-19(25-18)24-16-11-22-26(3)12-16/h4-9,11-12H,1,10H2,2-3H3,(H,23,27)(H2,20,21,24,25). The van der Waals surface area contributed by atoms with Crippen molar-refractivity contribution in [3.05, 3.63) is 66.6 Å². The lowest BCUT2D eigenvalue weighted by Gasteiger charge is -2.11. The molecule has 1 amide bonds. The monoisotopic (exact) mass is 363 g/mol. The van der Waals surface area contributed by atoms with Crippen molar-refractivity contribution in [1.29, 1.82) is 0 Å². The molecule has 0 aliphatic rings. The van der Waals surface area contributed by atoms with Crippen molar-refractivity contribution in [2.24, 2.45) is 7.05 Å². The molecule has 3 aromatic rings. The molecule has 0 aliphatic heterocycles. The maximum Gasteiger partial charge on any atom is 0.247 e. The normalized spacial score (nSPS) is 10.3. The van der Waals surface area contributed by atoms with Crippen LogP contribution >= 0.6 is 0 Å². The highest BCUT2D eigenvalue weighted by atomic mass is 16.1. The summed E-state index contributed by atoms with van der Waals surface area (Å²) < 4.78 is 1.70. The molecule has 0 fully saturated rings. The fourth-order valence-electron chi connectivity index (χ4n) is 2.43. The van der Waals surface area contributed by atoms with Gasteiger partial charge in [0, 0.05) is 37.2 Å². The maximum absolute atomic E-state index is 11.4. The van der Waals surface area contributed by atoms with Gasteiger partial charge in [0.25, 0.3) is 0 Å². The molecule has 0 aliphatic carbocycles. The Kier molecular flexibility index (Phi) is 5.46. The van der Waals surface area contributed by atoms with Crippen LogP contribution < -0.4 is 16.0 Å². The van der Waals surface area contributed by atoms with E-state index in [1.54, 1.807) is 17.1 Å². The Morgan fingerprint density at radius 3 is 2.89 bits per heavy atom. The van der Waals surface area contributed by atoms with Crippen LogP contribution in [0.1, 0.15) is 11.1 Å². The highest BCUT2D eigenvalue weighted by molar-refractivity contribution is 5.98. The molecule has 0 bridgehead atoms. The number of nitrogens with zero attached hydrogens (tertiary/aromatic N) is 4. The van der Waals surface area contributed by atoms with Gasteiger partial charge in [0.1, 0.15) is 5.82 Å². The number of aryl methyl sites for hydroxylation is 2. The van der Waals surface area contributed by atoms with Gasteiger partial charge >= 0.3 is 0 Å². The van der Waals surface area contributed by atoms with Crippen LogP contribution in [0.25, 0.3) is 0 Å². The first-order valence-electron chi connectivity index (χ1n) is 8.39. The molecule has 0 saturated heterocycles. The van der Waals surface area contributed by atoms with Crippen LogP contribution in [0.2, 0.25) is 0 Å². The number of carbonyl (C=O) groups is 1. The molecule has 27 heavy (non-hydrogen) atoms. The van der Waals surface area contributed by atoms with Gasteiger partial charge in [-0.25, -0.2) is 4.98 Å². The van der Waals surface area contributed by atoms with E-state index >= 15 is 0 Å². The van der Waals surface area contributed by atoms with Crippen molar-refractivity contribution >= 4 is 29.0 Å². The summed E-state index contributed by atoms with van der Waals surface area (Å²) in [6.07, 6.45) is 6.55. The lowest BCUT2D eigenvalue weighted by Crippen LogP contribution is -2.09. The Balaban J connectivity index is 1.68. The predicted octanol–water partition coefficient (Wildman–Crippen LogP) is 3.00. The fourth-order valence-corrected chi connectivity index (χ4v) is 2.43. The Morgan fingerprint density at radius 2 is 2.15 bits per heavy atom. The van der Waals surface area contributed by atoms with Crippen LogP contribution in [-0.2, 0) is 18.4 Å². The predicted molar refractivity (Wildman–Crippen MR) is 106 cm³/mol. The van der Waals surface area contributed by atoms with Gasteiger partial charge in [0.15, 0.2) is 0 Å². The first kappa shape index (κ1) is 18.1. The second-order valence-corrected chi connectivity index (χ2v) is 6.00. The first-order valence-corrected chi connectivity index (χ1v) is 8.39. The van der Waals surface area contributed by atoms with Gasteiger partial charge in [-0.3, -0.25) is 9.48 Å². The summed E-state index contributed by atoms with van der Waals surface area (Å²) >= 11 is 0.